The van der Waals surface area contributed by atoms with E-state index >= 15 is 0 Å². The number of halogens is 5. The molecule has 1 atom stereocenters. The van der Waals surface area contributed by atoms with E-state index in [1.807, 2.05) is 4.90 Å². The maximum absolute atomic E-state index is 13.4. The third-order valence-corrected chi connectivity index (χ3v) is 5.64. The molecular weight excluding hydrogens is 431 g/mol. The number of nitrogens with zero attached hydrogens (tertiary/aromatic N) is 6. The fourth-order valence-corrected chi connectivity index (χ4v) is 4.15. The molecule has 4 heterocycles. The molecule has 32 heavy (non-hydrogen) atoms. The van der Waals surface area contributed by atoms with Gasteiger partial charge in [-0.15, -0.1) is 10.2 Å². The van der Waals surface area contributed by atoms with Crippen molar-refractivity contribution in [3.8, 4) is 0 Å². The lowest BCUT2D eigenvalue weighted by Crippen LogP contribution is -2.36. The molecule has 0 bridgehead atoms. The van der Waals surface area contributed by atoms with E-state index in [-0.39, 0.29) is 5.92 Å². The molecule has 0 radical (unpaired) electrons. The highest BCUT2D eigenvalue weighted by Gasteiger charge is 2.33. The predicted octanol–water partition coefficient (Wildman–Crippen LogP) is 5.01. The lowest BCUT2D eigenvalue weighted by molar-refractivity contribution is -0.137. The zero-order valence-electron chi connectivity index (χ0n) is 16.6. The summed E-state index contributed by atoms with van der Waals surface area (Å²) in [6.07, 6.45) is -4.93. The van der Waals surface area contributed by atoms with Gasteiger partial charge in [-0.1, -0.05) is 12.1 Å². The second-order valence-electron chi connectivity index (χ2n) is 7.71. The quantitative estimate of drug-likeness (QED) is 0.412. The molecule has 1 aliphatic rings. The van der Waals surface area contributed by atoms with Crippen molar-refractivity contribution < 1.29 is 22.0 Å². The van der Waals surface area contributed by atoms with Crippen LogP contribution in [0.15, 0.2) is 42.6 Å². The molecule has 1 unspecified atom stereocenters. The number of rotatable bonds is 3. The van der Waals surface area contributed by atoms with Crippen molar-refractivity contribution in [3.63, 3.8) is 0 Å². The van der Waals surface area contributed by atoms with Gasteiger partial charge in [-0.05, 0) is 37.1 Å². The summed E-state index contributed by atoms with van der Waals surface area (Å²) in [4.78, 5) is 9.95. The van der Waals surface area contributed by atoms with Crippen LogP contribution in [-0.4, -0.2) is 37.7 Å². The van der Waals surface area contributed by atoms with Gasteiger partial charge in [0.25, 0.3) is 6.43 Å². The Morgan fingerprint density at radius 1 is 1.00 bits per heavy atom. The van der Waals surface area contributed by atoms with E-state index in [4.69, 9.17) is 0 Å². The van der Waals surface area contributed by atoms with Gasteiger partial charge < -0.3 is 4.90 Å². The number of hydrogen-bond acceptors (Lipinski definition) is 5. The largest absolute Gasteiger partial charge is 0.417 e. The average Bonchev–Trinajstić information content (AvgIpc) is 3.21. The Labute approximate surface area is 178 Å². The summed E-state index contributed by atoms with van der Waals surface area (Å²) >= 11 is 0. The summed E-state index contributed by atoms with van der Waals surface area (Å²) in [5.41, 5.74) is -0.0580. The van der Waals surface area contributed by atoms with Gasteiger partial charge in [0.15, 0.2) is 11.5 Å². The molecule has 1 aromatic carbocycles. The Morgan fingerprint density at radius 2 is 1.81 bits per heavy atom. The number of alkyl halides is 5. The smallest absolute Gasteiger partial charge is 0.355 e. The molecule has 166 valence electrons. The van der Waals surface area contributed by atoms with E-state index in [1.54, 1.807) is 24.3 Å². The minimum Gasteiger partial charge on any atom is -0.355 e. The number of aromatic nitrogens is 5. The summed E-state index contributed by atoms with van der Waals surface area (Å²) < 4.78 is 67.7. The molecule has 0 spiro atoms. The van der Waals surface area contributed by atoms with E-state index in [1.165, 1.54) is 10.5 Å². The highest BCUT2D eigenvalue weighted by molar-refractivity contribution is 5.89. The van der Waals surface area contributed by atoms with Gasteiger partial charge >= 0.3 is 6.18 Å². The second-order valence-corrected chi connectivity index (χ2v) is 7.71. The molecule has 0 amide bonds. The number of para-hydroxylation sites is 1. The number of pyridine rings is 1. The van der Waals surface area contributed by atoms with Gasteiger partial charge in [-0.3, -0.25) is 4.40 Å². The summed E-state index contributed by atoms with van der Waals surface area (Å²) in [6, 6.07) is 9.17. The molecule has 1 aliphatic heterocycles. The standard InChI is InChI=1S/C21H17F5N6/c22-17(23)18-27-15-6-2-1-5-14(15)20(28-18)31-9-3-4-12(10-31)19-30-29-16-8-7-13(11-32(16)19)21(24,25)26/h1-2,5-8,11-12,17H,3-4,9-10H2. The van der Waals surface area contributed by atoms with Gasteiger partial charge in [0.2, 0.25) is 0 Å². The molecule has 0 N–H and O–H groups in total. The minimum absolute atomic E-state index is 0.244. The van der Waals surface area contributed by atoms with E-state index in [2.05, 4.69) is 20.2 Å². The van der Waals surface area contributed by atoms with Crippen LogP contribution in [0.4, 0.5) is 27.8 Å². The number of anilines is 1. The Balaban J connectivity index is 1.54. The summed E-state index contributed by atoms with van der Waals surface area (Å²) in [5.74, 6) is -0.00169. The van der Waals surface area contributed by atoms with Crippen molar-refractivity contribution in [2.75, 3.05) is 18.0 Å². The van der Waals surface area contributed by atoms with Gasteiger partial charge in [0.05, 0.1) is 11.1 Å². The lowest BCUT2D eigenvalue weighted by atomic mass is 9.97. The third kappa shape index (κ3) is 3.61. The Bertz CT molecular complexity index is 1280. The normalized spacial score (nSPS) is 17.6. The van der Waals surface area contributed by atoms with Crippen molar-refractivity contribution >= 4 is 22.4 Å². The maximum atomic E-state index is 13.4. The van der Waals surface area contributed by atoms with Gasteiger partial charge in [0, 0.05) is 30.6 Å². The molecular formula is C21H17F5N6. The van der Waals surface area contributed by atoms with Crippen LogP contribution in [0, 0.1) is 0 Å². The van der Waals surface area contributed by atoms with Gasteiger partial charge in [-0.25, -0.2) is 18.7 Å². The highest BCUT2D eigenvalue weighted by Crippen LogP contribution is 2.34. The first-order valence-corrected chi connectivity index (χ1v) is 10.0. The number of hydrogen-bond donors (Lipinski definition) is 0. The average molecular weight is 448 g/mol. The molecule has 1 fully saturated rings. The van der Waals surface area contributed by atoms with Crippen LogP contribution < -0.4 is 4.90 Å². The summed E-state index contributed by atoms with van der Waals surface area (Å²) in [6.45, 7) is 0.936. The number of fused-ring (bicyclic) bond motifs is 2. The topological polar surface area (TPSA) is 59.2 Å². The first-order valence-electron chi connectivity index (χ1n) is 10.0. The fourth-order valence-electron chi connectivity index (χ4n) is 4.15. The molecule has 4 aromatic rings. The van der Waals surface area contributed by atoms with Crippen LogP contribution in [0.3, 0.4) is 0 Å². The Hall–Kier alpha value is -3.37. The van der Waals surface area contributed by atoms with Crippen LogP contribution in [0.1, 0.15) is 42.4 Å². The molecule has 6 nitrogen and oxygen atoms in total. The molecule has 0 saturated carbocycles. The SMILES string of the molecule is FC(F)c1nc(N2CCCC(c3nnc4ccc(C(F)(F)F)cn34)C2)c2ccccc2n1. The van der Waals surface area contributed by atoms with Crippen molar-refractivity contribution in [2.24, 2.45) is 0 Å². The molecule has 1 saturated heterocycles. The van der Waals surface area contributed by atoms with Crippen molar-refractivity contribution in [1.82, 2.24) is 24.6 Å². The van der Waals surface area contributed by atoms with Gasteiger partial charge in [0.1, 0.15) is 11.6 Å². The second kappa shape index (κ2) is 7.64. The van der Waals surface area contributed by atoms with E-state index in [9.17, 15) is 22.0 Å². The molecule has 5 rings (SSSR count). The number of benzene rings is 1. The van der Waals surface area contributed by atoms with E-state index < -0.39 is 24.0 Å². The van der Waals surface area contributed by atoms with Gasteiger partial charge in [-0.2, -0.15) is 13.2 Å². The maximum Gasteiger partial charge on any atom is 0.417 e. The monoisotopic (exact) mass is 448 g/mol. The minimum atomic E-state index is -4.49. The number of piperidine rings is 1. The van der Waals surface area contributed by atoms with Crippen molar-refractivity contribution in [2.45, 2.75) is 31.4 Å². The third-order valence-electron chi connectivity index (χ3n) is 5.64. The summed E-state index contributed by atoms with van der Waals surface area (Å²) in [7, 11) is 0. The highest BCUT2D eigenvalue weighted by atomic mass is 19.4. The molecule has 3 aromatic heterocycles. The Morgan fingerprint density at radius 3 is 2.59 bits per heavy atom. The first-order chi connectivity index (χ1) is 15.3. The van der Waals surface area contributed by atoms with E-state index in [0.29, 0.717) is 54.1 Å². The fraction of sp³-hybridized carbons (Fsp3) is 0.333. The first kappa shape index (κ1) is 20.5. The van der Waals surface area contributed by atoms with E-state index in [0.717, 1.165) is 12.3 Å². The van der Waals surface area contributed by atoms with Crippen molar-refractivity contribution in [1.29, 1.82) is 0 Å². The van der Waals surface area contributed by atoms with Crippen LogP contribution >= 0.6 is 0 Å². The zero-order chi connectivity index (χ0) is 22.5. The van der Waals surface area contributed by atoms with Crippen LogP contribution in [-0.2, 0) is 6.18 Å². The van der Waals surface area contributed by atoms with Crippen LogP contribution in [0.5, 0.6) is 0 Å². The zero-order valence-corrected chi connectivity index (χ0v) is 16.6. The summed E-state index contributed by atoms with van der Waals surface area (Å²) in [5, 5.41) is 8.79. The molecule has 11 heteroatoms. The lowest BCUT2D eigenvalue weighted by Gasteiger charge is -2.33. The molecule has 0 aliphatic carbocycles. The van der Waals surface area contributed by atoms with Crippen molar-refractivity contribution in [3.05, 3.63) is 59.8 Å². The Kier molecular flexibility index (Phi) is 4.90. The van der Waals surface area contributed by atoms with Crippen LogP contribution in [0.25, 0.3) is 16.6 Å². The van der Waals surface area contributed by atoms with Crippen LogP contribution in [0.2, 0.25) is 0 Å². The predicted molar refractivity (Wildman–Crippen MR) is 107 cm³/mol.